The van der Waals surface area contributed by atoms with Gasteiger partial charge >= 0.3 is 5.69 Å². The second kappa shape index (κ2) is 13.1. The number of hydrogen-bond donors (Lipinski definition) is 1. The van der Waals surface area contributed by atoms with Crippen LogP contribution >= 0.6 is 27.5 Å². The van der Waals surface area contributed by atoms with E-state index in [1.807, 2.05) is 55.6 Å². The van der Waals surface area contributed by atoms with E-state index in [1.54, 1.807) is 69.1 Å². The Morgan fingerprint density at radius 3 is 2.44 bits per heavy atom. The molecule has 3 aromatic carbocycles. The van der Waals surface area contributed by atoms with Gasteiger partial charge in [0, 0.05) is 59.5 Å². The highest BCUT2D eigenvalue weighted by molar-refractivity contribution is 9.10. The molecular weight excluding hydrogens is 696 g/mol. The van der Waals surface area contributed by atoms with Gasteiger partial charge in [0.05, 0.1) is 28.6 Å². The molecule has 0 saturated carbocycles. The molecule has 1 N–H and O–H groups in total. The molecule has 0 saturated heterocycles. The van der Waals surface area contributed by atoms with Crippen LogP contribution in [-0.4, -0.2) is 51.6 Å². The molecule has 0 spiro atoms. The average Bonchev–Trinajstić information content (AvgIpc) is 3.75. The third-order valence-corrected chi connectivity index (χ3v) is 9.56. The van der Waals surface area contributed by atoms with E-state index >= 15 is 0 Å². The first-order valence-corrected chi connectivity index (χ1v) is 16.3. The minimum atomic E-state index is -0.463. The number of rotatable bonds is 7. The van der Waals surface area contributed by atoms with E-state index in [0.29, 0.717) is 32.3 Å². The van der Waals surface area contributed by atoms with E-state index in [9.17, 15) is 14.4 Å². The van der Waals surface area contributed by atoms with Crippen molar-refractivity contribution in [3.8, 4) is 22.8 Å². The molecule has 1 aliphatic rings. The summed E-state index contributed by atoms with van der Waals surface area (Å²) in [5.41, 5.74) is 3.51. The van der Waals surface area contributed by atoms with Crippen LogP contribution in [0.15, 0.2) is 113 Å². The van der Waals surface area contributed by atoms with Gasteiger partial charge in [-0.25, -0.2) is 19.4 Å². The lowest BCUT2D eigenvalue weighted by Crippen LogP contribution is -2.47. The Hall–Kier alpha value is -5.33. The largest absolute Gasteiger partial charge is 0.347 e. The summed E-state index contributed by atoms with van der Waals surface area (Å²) in [6.45, 7) is 2.28. The molecule has 6 aromatic rings. The number of nitrogens with one attached hydrogen (secondary N) is 1. The van der Waals surface area contributed by atoms with Crippen molar-refractivity contribution in [3.63, 3.8) is 0 Å². The lowest BCUT2D eigenvalue weighted by molar-refractivity contribution is 0.0610. The number of fused-ring (bicyclic) bond motifs is 1. The fourth-order valence-electron chi connectivity index (χ4n) is 5.92. The molecule has 1 aliphatic heterocycles. The summed E-state index contributed by atoms with van der Waals surface area (Å²) < 4.78 is 5.39. The van der Waals surface area contributed by atoms with Crippen LogP contribution in [-0.2, 0) is 19.6 Å². The van der Waals surface area contributed by atoms with E-state index < -0.39 is 5.91 Å². The zero-order valence-electron chi connectivity index (χ0n) is 25.6. The van der Waals surface area contributed by atoms with Gasteiger partial charge in [-0.3, -0.25) is 18.7 Å². The smallest absolute Gasteiger partial charge is 0.333 e. The van der Waals surface area contributed by atoms with Gasteiger partial charge in [0.15, 0.2) is 5.82 Å². The standard InChI is InChI=1S/C35H28BrClN8O3/c1-22-20-43-30(21-42(22)34(47)23-8-13-28(36)29(37)18-23)31(45(35(43)48)26-11-9-25(10-12-26)44-17-5-16-41-44)33(46)40-19-24-6-2-3-7-27(24)32-38-14-4-15-39-32/h2-18,22H,19-21H2,1H3,(H,40,46). The van der Waals surface area contributed by atoms with Crippen molar-refractivity contribution in [1.29, 1.82) is 0 Å². The van der Waals surface area contributed by atoms with Gasteiger partial charge in [0.25, 0.3) is 11.8 Å². The molecule has 13 heteroatoms. The summed E-state index contributed by atoms with van der Waals surface area (Å²) in [6, 6.07) is 23.0. The fourth-order valence-corrected chi connectivity index (χ4v) is 6.35. The van der Waals surface area contributed by atoms with E-state index in [4.69, 9.17) is 11.6 Å². The van der Waals surface area contributed by atoms with Crippen molar-refractivity contribution < 1.29 is 9.59 Å². The number of amides is 2. The Morgan fingerprint density at radius 1 is 0.958 bits per heavy atom. The number of aromatic nitrogens is 6. The van der Waals surface area contributed by atoms with Gasteiger partial charge in [0.1, 0.15) is 5.69 Å². The first kappa shape index (κ1) is 31.3. The molecule has 1 unspecified atom stereocenters. The molecule has 1 atom stereocenters. The highest BCUT2D eigenvalue weighted by Gasteiger charge is 2.35. The molecular formula is C35H28BrClN8O3. The minimum Gasteiger partial charge on any atom is -0.347 e. The van der Waals surface area contributed by atoms with Crippen molar-refractivity contribution in [3.05, 3.63) is 146 Å². The number of imidazole rings is 1. The van der Waals surface area contributed by atoms with Crippen LogP contribution in [0.1, 0.15) is 39.0 Å². The van der Waals surface area contributed by atoms with Gasteiger partial charge < -0.3 is 10.2 Å². The molecule has 0 fully saturated rings. The molecule has 0 bridgehead atoms. The Balaban J connectivity index is 1.28. The molecule has 240 valence electrons. The normalized spacial score (nSPS) is 14.1. The third-order valence-electron chi connectivity index (χ3n) is 8.33. The van der Waals surface area contributed by atoms with Gasteiger partial charge in [-0.1, -0.05) is 35.9 Å². The number of carbonyl (C=O) groups is 2. The summed E-state index contributed by atoms with van der Waals surface area (Å²) in [6.07, 6.45) is 6.83. The summed E-state index contributed by atoms with van der Waals surface area (Å²) >= 11 is 9.70. The molecule has 0 aliphatic carbocycles. The Labute approximate surface area is 288 Å². The van der Waals surface area contributed by atoms with E-state index in [-0.39, 0.29) is 43.0 Å². The van der Waals surface area contributed by atoms with Crippen LogP contribution in [0.4, 0.5) is 0 Å². The van der Waals surface area contributed by atoms with Crippen molar-refractivity contribution in [2.45, 2.75) is 32.6 Å². The molecule has 11 nitrogen and oxygen atoms in total. The van der Waals surface area contributed by atoms with Crippen molar-refractivity contribution >= 4 is 39.3 Å². The zero-order valence-corrected chi connectivity index (χ0v) is 28.0. The zero-order chi connectivity index (χ0) is 33.4. The maximum atomic E-state index is 14.3. The van der Waals surface area contributed by atoms with E-state index in [2.05, 4.69) is 36.3 Å². The maximum absolute atomic E-state index is 14.3. The highest BCUT2D eigenvalue weighted by atomic mass is 79.9. The number of nitrogens with zero attached hydrogens (tertiary/aromatic N) is 7. The number of halogens is 2. The van der Waals surface area contributed by atoms with Crippen LogP contribution in [0.2, 0.25) is 5.02 Å². The number of carbonyl (C=O) groups excluding carboxylic acids is 2. The van der Waals surface area contributed by atoms with Crippen molar-refractivity contribution in [2.75, 3.05) is 0 Å². The second-order valence-electron chi connectivity index (χ2n) is 11.3. The van der Waals surface area contributed by atoms with Crippen molar-refractivity contribution in [2.24, 2.45) is 0 Å². The summed E-state index contributed by atoms with van der Waals surface area (Å²) in [5.74, 6) is -0.182. The fraction of sp³-hybridized carbons (Fsp3) is 0.143. The Bertz CT molecular complexity index is 2200. The summed E-state index contributed by atoms with van der Waals surface area (Å²) in [4.78, 5) is 52.6. The molecule has 4 heterocycles. The lowest BCUT2D eigenvalue weighted by atomic mass is 10.1. The molecule has 2 amide bonds. The topological polar surface area (TPSA) is 120 Å². The van der Waals surface area contributed by atoms with Crippen LogP contribution in [0.5, 0.6) is 0 Å². The van der Waals surface area contributed by atoms with Gasteiger partial charge in [-0.2, -0.15) is 5.10 Å². The lowest BCUT2D eigenvalue weighted by Gasteiger charge is -2.34. The van der Waals surface area contributed by atoms with Crippen LogP contribution in [0, 0.1) is 0 Å². The molecule has 48 heavy (non-hydrogen) atoms. The maximum Gasteiger partial charge on any atom is 0.333 e. The summed E-state index contributed by atoms with van der Waals surface area (Å²) in [7, 11) is 0. The van der Waals surface area contributed by atoms with E-state index in [1.165, 1.54) is 4.57 Å². The monoisotopic (exact) mass is 722 g/mol. The number of hydrogen-bond acceptors (Lipinski definition) is 6. The molecule has 0 radical (unpaired) electrons. The number of benzene rings is 3. The molecule has 3 aromatic heterocycles. The average molecular weight is 724 g/mol. The Kier molecular flexibility index (Phi) is 8.50. The van der Waals surface area contributed by atoms with E-state index in [0.717, 1.165) is 16.8 Å². The SMILES string of the molecule is CC1Cn2c(c(C(=O)NCc3ccccc3-c3ncccn3)n(-c3ccc(-n4cccn4)cc3)c2=O)CN1C(=O)c1ccc(Br)c(Cl)c1. The van der Waals surface area contributed by atoms with Gasteiger partial charge in [0.2, 0.25) is 0 Å². The van der Waals surface area contributed by atoms with Crippen LogP contribution < -0.4 is 11.0 Å². The van der Waals surface area contributed by atoms with Gasteiger partial charge in [-0.05, 0) is 83.0 Å². The minimum absolute atomic E-state index is 0.0402. The first-order valence-electron chi connectivity index (χ1n) is 15.1. The Morgan fingerprint density at radius 2 is 1.71 bits per heavy atom. The van der Waals surface area contributed by atoms with Crippen molar-refractivity contribution in [1.82, 2.24) is 39.1 Å². The van der Waals surface area contributed by atoms with Crippen LogP contribution in [0.25, 0.3) is 22.8 Å². The third kappa shape index (κ3) is 5.84. The quantitative estimate of drug-likeness (QED) is 0.227. The predicted molar refractivity (Wildman–Crippen MR) is 184 cm³/mol. The highest BCUT2D eigenvalue weighted by Crippen LogP contribution is 2.28. The molecule has 7 rings (SSSR count). The predicted octanol–water partition coefficient (Wildman–Crippen LogP) is 5.67. The van der Waals surface area contributed by atoms with Crippen LogP contribution in [0.3, 0.4) is 0 Å². The van der Waals surface area contributed by atoms with Gasteiger partial charge in [-0.15, -0.1) is 0 Å². The summed E-state index contributed by atoms with van der Waals surface area (Å²) in [5, 5.41) is 7.71. The first-order chi connectivity index (χ1) is 23.3. The second-order valence-corrected chi connectivity index (χ2v) is 12.6.